The Balaban J connectivity index is 2.07. The third-order valence-electron chi connectivity index (χ3n) is 3.28. The van der Waals surface area contributed by atoms with Crippen molar-refractivity contribution in [3.8, 4) is 0 Å². The van der Waals surface area contributed by atoms with Crippen molar-refractivity contribution in [2.75, 3.05) is 25.0 Å². The highest BCUT2D eigenvalue weighted by atomic mass is 32.1. The number of thiophene rings is 1. The fourth-order valence-electron chi connectivity index (χ4n) is 2.12. The standard InChI is InChI=1S/C15H22N2O3S/c1-3-7-16-8-12(18)17-14-13(15(19)20-4-2)11(9-21-14)10-5-6-10/h9-10,16H,3-8H2,1-2H3,(H,17,18). The number of nitrogens with one attached hydrogen (secondary N) is 2. The van der Waals surface area contributed by atoms with Crippen LogP contribution in [0.25, 0.3) is 0 Å². The van der Waals surface area contributed by atoms with E-state index in [0.717, 1.165) is 31.4 Å². The van der Waals surface area contributed by atoms with Crippen LogP contribution in [0.5, 0.6) is 0 Å². The average molecular weight is 310 g/mol. The molecule has 1 saturated carbocycles. The van der Waals surface area contributed by atoms with E-state index in [4.69, 9.17) is 4.74 Å². The van der Waals surface area contributed by atoms with Crippen LogP contribution in [-0.4, -0.2) is 31.6 Å². The van der Waals surface area contributed by atoms with Crippen LogP contribution in [0, 0.1) is 0 Å². The normalized spacial score (nSPS) is 14.0. The van der Waals surface area contributed by atoms with Gasteiger partial charge in [-0.3, -0.25) is 4.79 Å². The first-order chi connectivity index (χ1) is 10.2. The molecule has 1 aromatic rings. The van der Waals surface area contributed by atoms with E-state index < -0.39 is 0 Å². The van der Waals surface area contributed by atoms with E-state index in [-0.39, 0.29) is 18.4 Å². The maximum atomic E-state index is 12.1. The molecular weight excluding hydrogens is 288 g/mol. The molecule has 0 aromatic carbocycles. The molecule has 1 heterocycles. The van der Waals surface area contributed by atoms with Crippen molar-refractivity contribution in [3.63, 3.8) is 0 Å². The Morgan fingerprint density at radius 2 is 2.14 bits per heavy atom. The molecule has 5 nitrogen and oxygen atoms in total. The summed E-state index contributed by atoms with van der Waals surface area (Å²) in [7, 11) is 0. The van der Waals surface area contributed by atoms with Crippen molar-refractivity contribution in [3.05, 3.63) is 16.5 Å². The summed E-state index contributed by atoms with van der Waals surface area (Å²) in [6.45, 7) is 5.23. The van der Waals surface area contributed by atoms with Gasteiger partial charge in [0.15, 0.2) is 0 Å². The fraction of sp³-hybridized carbons (Fsp3) is 0.600. The van der Waals surface area contributed by atoms with Crippen molar-refractivity contribution >= 4 is 28.2 Å². The maximum Gasteiger partial charge on any atom is 0.341 e. The molecule has 0 bridgehead atoms. The topological polar surface area (TPSA) is 67.4 Å². The van der Waals surface area contributed by atoms with Gasteiger partial charge in [-0.05, 0) is 49.6 Å². The van der Waals surface area contributed by atoms with E-state index in [9.17, 15) is 9.59 Å². The zero-order chi connectivity index (χ0) is 15.2. The van der Waals surface area contributed by atoms with Gasteiger partial charge < -0.3 is 15.4 Å². The van der Waals surface area contributed by atoms with E-state index in [1.807, 2.05) is 12.3 Å². The van der Waals surface area contributed by atoms with Crippen LogP contribution in [-0.2, 0) is 9.53 Å². The number of ether oxygens (including phenoxy) is 1. The highest BCUT2D eigenvalue weighted by molar-refractivity contribution is 7.15. The highest BCUT2D eigenvalue weighted by Crippen LogP contribution is 2.46. The first-order valence-corrected chi connectivity index (χ1v) is 8.34. The Morgan fingerprint density at radius 1 is 1.38 bits per heavy atom. The Bertz CT molecular complexity index is 509. The quantitative estimate of drug-likeness (QED) is 0.572. The second-order valence-corrected chi connectivity index (χ2v) is 5.99. The predicted molar refractivity (Wildman–Crippen MR) is 84.0 cm³/mol. The Morgan fingerprint density at radius 3 is 2.76 bits per heavy atom. The molecule has 0 aliphatic heterocycles. The number of anilines is 1. The first kappa shape index (κ1) is 16.0. The molecule has 0 radical (unpaired) electrons. The average Bonchev–Trinajstić information content (AvgIpc) is 3.21. The van der Waals surface area contributed by atoms with E-state index in [1.54, 1.807) is 6.92 Å². The second kappa shape index (κ2) is 7.56. The lowest BCUT2D eigenvalue weighted by Gasteiger charge is -2.08. The van der Waals surface area contributed by atoms with Crippen LogP contribution in [0.2, 0.25) is 0 Å². The molecule has 0 unspecified atom stereocenters. The number of hydrogen-bond donors (Lipinski definition) is 2. The van der Waals surface area contributed by atoms with Gasteiger partial charge in [0.05, 0.1) is 18.7 Å². The van der Waals surface area contributed by atoms with Gasteiger partial charge in [0.1, 0.15) is 5.00 Å². The summed E-state index contributed by atoms with van der Waals surface area (Å²) in [6.07, 6.45) is 3.19. The smallest absolute Gasteiger partial charge is 0.341 e. The number of rotatable bonds is 8. The molecule has 0 saturated heterocycles. The van der Waals surface area contributed by atoms with Crippen LogP contribution in [0.4, 0.5) is 5.00 Å². The van der Waals surface area contributed by atoms with Gasteiger partial charge in [0.25, 0.3) is 0 Å². The molecule has 0 spiro atoms. The largest absolute Gasteiger partial charge is 0.462 e. The zero-order valence-electron chi connectivity index (χ0n) is 12.5. The van der Waals surface area contributed by atoms with E-state index in [0.29, 0.717) is 23.1 Å². The van der Waals surface area contributed by atoms with Crippen molar-refractivity contribution in [2.45, 2.75) is 39.0 Å². The highest BCUT2D eigenvalue weighted by Gasteiger charge is 2.32. The van der Waals surface area contributed by atoms with Gasteiger partial charge in [0.2, 0.25) is 5.91 Å². The molecule has 1 amide bonds. The Hall–Kier alpha value is -1.40. The molecular formula is C15H22N2O3S. The van der Waals surface area contributed by atoms with Crippen molar-refractivity contribution in [2.24, 2.45) is 0 Å². The van der Waals surface area contributed by atoms with E-state index in [1.165, 1.54) is 11.3 Å². The Labute approximate surface area is 129 Å². The summed E-state index contributed by atoms with van der Waals surface area (Å²) in [4.78, 5) is 24.0. The molecule has 2 N–H and O–H groups in total. The summed E-state index contributed by atoms with van der Waals surface area (Å²) in [5.41, 5.74) is 1.57. The first-order valence-electron chi connectivity index (χ1n) is 7.46. The van der Waals surface area contributed by atoms with Crippen molar-refractivity contribution in [1.82, 2.24) is 5.32 Å². The number of carbonyl (C=O) groups excluding carboxylic acids is 2. The minimum Gasteiger partial charge on any atom is -0.462 e. The lowest BCUT2D eigenvalue weighted by Crippen LogP contribution is -2.28. The zero-order valence-corrected chi connectivity index (χ0v) is 13.3. The molecule has 6 heteroatoms. The second-order valence-electron chi connectivity index (χ2n) is 5.11. The van der Waals surface area contributed by atoms with Crippen LogP contribution in [0.15, 0.2) is 5.38 Å². The molecule has 0 atom stereocenters. The molecule has 21 heavy (non-hydrogen) atoms. The number of amides is 1. The lowest BCUT2D eigenvalue weighted by atomic mass is 10.1. The minimum absolute atomic E-state index is 0.127. The summed E-state index contributed by atoms with van der Waals surface area (Å²) in [5, 5.41) is 8.46. The van der Waals surface area contributed by atoms with Gasteiger partial charge in [-0.15, -0.1) is 11.3 Å². The number of carbonyl (C=O) groups is 2. The molecule has 2 rings (SSSR count). The monoisotopic (exact) mass is 310 g/mol. The van der Waals surface area contributed by atoms with Crippen LogP contribution in [0.1, 0.15) is 54.9 Å². The Kier molecular flexibility index (Phi) is 5.76. The third kappa shape index (κ3) is 4.28. The predicted octanol–water partition coefficient (Wildman–Crippen LogP) is 2.74. The van der Waals surface area contributed by atoms with Gasteiger partial charge in [-0.25, -0.2) is 4.79 Å². The SMILES string of the molecule is CCCNCC(=O)Nc1scc(C2CC2)c1C(=O)OCC. The fourth-order valence-corrected chi connectivity index (χ4v) is 3.17. The van der Waals surface area contributed by atoms with Gasteiger partial charge in [-0.1, -0.05) is 6.92 Å². The summed E-state index contributed by atoms with van der Waals surface area (Å²) in [6, 6.07) is 0. The third-order valence-corrected chi connectivity index (χ3v) is 4.20. The summed E-state index contributed by atoms with van der Waals surface area (Å²) in [5.74, 6) is -0.0137. The number of esters is 1. The van der Waals surface area contributed by atoms with Crippen molar-refractivity contribution < 1.29 is 14.3 Å². The maximum absolute atomic E-state index is 12.1. The molecule has 1 aromatic heterocycles. The van der Waals surface area contributed by atoms with Crippen LogP contribution < -0.4 is 10.6 Å². The molecule has 1 aliphatic carbocycles. The molecule has 1 fully saturated rings. The minimum atomic E-state index is -0.336. The van der Waals surface area contributed by atoms with Crippen LogP contribution in [0.3, 0.4) is 0 Å². The molecule has 1 aliphatic rings. The summed E-state index contributed by atoms with van der Waals surface area (Å²) < 4.78 is 5.13. The van der Waals surface area contributed by atoms with Gasteiger partial charge in [0, 0.05) is 0 Å². The van der Waals surface area contributed by atoms with Crippen molar-refractivity contribution in [1.29, 1.82) is 0 Å². The lowest BCUT2D eigenvalue weighted by molar-refractivity contribution is -0.115. The van der Waals surface area contributed by atoms with E-state index in [2.05, 4.69) is 10.6 Å². The number of hydrogen-bond acceptors (Lipinski definition) is 5. The molecule has 116 valence electrons. The van der Waals surface area contributed by atoms with E-state index >= 15 is 0 Å². The van der Waals surface area contributed by atoms with Gasteiger partial charge >= 0.3 is 5.97 Å². The van der Waals surface area contributed by atoms with Crippen LogP contribution >= 0.6 is 11.3 Å². The van der Waals surface area contributed by atoms with Gasteiger partial charge in [-0.2, -0.15) is 0 Å². The summed E-state index contributed by atoms with van der Waals surface area (Å²) >= 11 is 1.41.